The highest BCUT2D eigenvalue weighted by Gasteiger charge is 2.15. The lowest BCUT2D eigenvalue weighted by Gasteiger charge is -2.14. The van der Waals surface area contributed by atoms with Crippen LogP contribution in [-0.2, 0) is 0 Å². The third-order valence-corrected chi connectivity index (χ3v) is 3.29. The van der Waals surface area contributed by atoms with Crippen molar-refractivity contribution in [2.75, 3.05) is 7.11 Å². The predicted molar refractivity (Wildman–Crippen MR) is 76.6 cm³/mol. The second-order valence-corrected chi connectivity index (χ2v) is 4.69. The minimum Gasteiger partial charge on any atom is -0.495 e. The number of halogens is 1. The van der Waals surface area contributed by atoms with Crippen molar-refractivity contribution in [2.45, 2.75) is 13.0 Å². The minimum absolute atomic E-state index is 0.404. The van der Waals surface area contributed by atoms with E-state index in [2.05, 4.69) is 11.1 Å². The molecule has 0 amide bonds. The number of benzene rings is 1. The maximum atomic E-state index is 9.88. The van der Waals surface area contributed by atoms with E-state index in [0.717, 1.165) is 11.1 Å². The van der Waals surface area contributed by atoms with Crippen molar-refractivity contribution in [1.29, 1.82) is 5.26 Å². The fourth-order valence-corrected chi connectivity index (χ4v) is 2.37. The van der Waals surface area contributed by atoms with Gasteiger partial charge in [-0.1, -0.05) is 17.7 Å². The molecule has 0 aliphatic carbocycles. The highest BCUT2D eigenvalue weighted by atomic mass is 35.5. The van der Waals surface area contributed by atoms with Gasteiger partial charge in [0.1, 0.15) is 11.8 Å². The maximum absolute atomic E-state index is 9.88. The summed E-state index contributed by atoms with van der Waals surface area (Å²) in [6, 6.07) is 7.24. The van der Waals surface area contributed by atoms with Crippen LogP contribution in [-0.4, -0.2) is 17.2 Å². The smallest absolute Gasteiger partial charge is 0.137 e. The zero-order valence-corrected chi connectivity index (χ0v) is 11.8. The monoisotopic (exact) mass is 288 g/mol. The molecule has 0 aliphatic heterocycles. The Kier molecular flexibility index (Phi) is 4.23. The summed E-state index contributed by atoms with van der Waals surface area (Å²) in [4.78, 5) is 4.05. The molecule has 1 aromatic heterocycles. The molecule has 1 N–H and O–H groups in total. The number of aromatic nitrogens is 1. The van der Waals surface area contributed by atoms with Crippen LogP contribution in [0, 0.1) is 11.3 Å². The maximum Gasteiger partial charge on any atom is 0.137 e. The van der Waals surface area contributed by atoms with Crippen LogP contribution in [0.3, 0.4) is 0 Å². The average molecular weight is 289 g/mol. The minimum atomic E-state index is -0.720. The Balaban J connectivity index is 2.64. The molecule has 1 aromatic carbocycles. The highest BCUT2D eigenvalue weighted by Crippen LogP contribution is 2.35. The molecule has 4 nitrogen and oxygen atoms in total. The van der Waals surface area contributed by atoms with Gasteiger partial charge in [-0.05, 0) is 24.6 Å². The number of aliphatic hydroxyl groups is 1. The van der Waals surface area contributed by atoms with E-state index in [1.165, 1.54) is 13.3 Å². The Morgan fingerprint density at radius 1 is 1.40 bits per heavy atom. The molecule has 0 spiro atoms. The number of hydrogen-bond donors (Lipinski definition) is 1. The number of hydrogen-bond acceptors (Lipinski definition) is 4. The van der Waals surface area contributed by atoms with Gasteiger partial charge < -0.3 is 9.84 Å². The van der Waals surface area contributed by atoms with E-state index < -0.39 is 6.10 Å². The van der Waals surface area contributed by atoms with Gasteiger partial charge >= 0.3 is 0 Å². The van der Waals surface area contributed by atoms with Crippen molar-refractivity contribution in [3.8, 4) is 22.9 Å². The van der Waals surface area contributed by atoms with Crippen LogP contribution in [0.25, 0.3) is 11.1 Å². The zero-order valence-electron chi connectivity index (χ0n) is 11.1. The molecule has 20 heavy (non-hydrogen) atoms. The van der Waals surface area contributed by atoms with Crippen LogP contribution in [0.4, 0.5) is 0 Å². The summed E-state index contributed by atoms with van der Waals surface area (Å²) in [7, 11) is 1.51. The van der Waals surface area contributed by atoms with Gasteiger partial charge in [0.2, 0.25) is 0 Å². The standard InChI is InChI=1S/C15H13ClN2O2/c1-9(19)15-12(7-18-8-13(15)16)10-3-4-11(6-17)14(5-10)20-2/h3-5,7-9,19H,1-2H3/t9-/m1/s1. The summed E-state index contributed by atoms with van der Waals surface area (Å²) >= 11 is 6.10. The summed E-state index contributed by atoms with van der Waals surface area (Å²) < 4.78 is 5.19. The van der Waals surface area contributed by atoms with Gasteiger partial charge in [-0.15, -0.1) is 0 Å². The largest absolute Gasteiger partial charge is 0.495 e. The molecular weight excluding hydrogens is 276 g/mol. The molecule has 102 valence electrons. The van der Waals surface area contributed by atoms with Gasteiger partial charge in [-0.25, -0.2) is 0 Å². The van der Waals surface area contributed by atoms with Gasteiger partial charge in [-0.2, -0.15) is 5.26 Å². The summed E-state index contributed by atoms with van der Waals surface area (Å²) in [5, 5.41) is 19.3. The first-order valence-electron chi connectivity index (χ1n) is 5.98. The molecule has 2 rings (SSSR count). The van der Waals surface area contributed by atoms with Gasteiger partial charge in [-0.3, -0.25) is 4.98 Å². The predicted octanol–water partition coefficient (Wildman–Crippen LogP) is 3.34. The summed E-state index contributed by atoms with van der Waals surface area (Å²) in [5.41, 5.74) is 2.56. The van der Waals surface area contributed by atoms with Gasteiger partial charge in [0.25, 0.3) is 0 Å². The van der Waals surface area contributed by atoms with Crippen molar-refractivity contribution in [1.82, 2.24) is 4.98 Å². The number of pyridine rings is 1. The van der Waals surface area contributed by atoms with Crippen LogP contribution < -0.4 is 4.74 Å². The lowest BCUT2D eigenvalue weighted by Crippen LogP contribution is -1.98. The van der Waals surface area contributed by atoms with E-state index in [4.69, 9.17) is 21.6 Å². The topological polar surface area (TPSA) is 66.1 Å². The fourth-order valence-electron chi connectivity index (χ4n) is 2.05. The quantitative estimate of drug-likeness (QED) is 0.941. The van der Waals surface area contributed by atoms with Gasteiger partial charge in [0, 0.05) is 23.5 Å². The van der Waals surface area contributed by atoms with E-state index in [1.807, 2.05) is 0 Å². The van der Waals surface area contributed by atoms with Crippen LogP contribution in [0.15, 0.2) is 30.6 Å². The zero-order chi connectivity index (χ0) is 14.7. The Morgan fingerprint density at radius 3 is 2.75 bits per heavy atom. The second kappa shape index (κ2) is 5.91. The Labute approximate surface area is 122 Å². The molecule has 0 bridgehead atoms. The summed E-state index contributed by atoms with van der Waals surface area (Å²) in [6.07, 6.45) is 2.41. The van der Waals surface area contributed by atoms with Crippen molar-refractivity contribution < 1.29 is 9.84 Å². The van der Waals surface area contributed by atoms with Crippen LogP contribution >= 0.6 is 11.6 Å². The number of methoxy groups -OCH3 is 1. The lowest BCUT2D eigenvalue weighted by molar-refractivity contribution is 0.200. The first kappa shape index (κ1) is 14.3. The molecule has 0 fully saturated rings. The van der Waals surface area contributed by atoms with Gasteiger partial charge in [0.05, 0.1) is 23.8 Å². The Morgan fingerprint density at radius 2 is 2.15 bits per heavy atom. The Bertz CT molecular complexity index is 678. The highest BCUT2D eigenvalue weighted by molar-refractivity contribution is 6.31. The molecule has 0 unspecified atom stereocenters. The van der Waals surface area contributed by atoms with Crippen molar-refractivity contribution in [2.24, 2.45) is 0 Å². The number of rotatable bonds is 3. The van der Waals surface area contributed by atoms with E-state index >= 15 is 0 Å². The molecule has 0 saturated heterocycles. The first-order chi connectivity index (χ1) is 9.58. The fraction of sp³-hybridized carbons (Fsp3) is 0.200. The number of aliphatic hydroxyl groups excluding tert-OH is 1. The van der Waals surface area contributed by atoms with Crippen molar-refractivity contribution in [3.63, 3.8) is 0 Å². The van der Waals surface area contributed by atoms with Gasteiger partial charge in [0.15, 0.2) is 0 Å². The molecular formula is C15H13ClN2O2. The third kappa shape index (κ3) is 2.60. The molecule has 0 aliphatic rings. The second-order valence-electron chi connectivity index (χ2n) is 4.29. The number of nitrogens with zero attached hydrogens (tertiary/aromatic N) is 2. The first-order valence-corrected chi connectivity index (χ1v) is 6.36. The molecule has 0 radical (unpaired) electrons. The molecule has 5 heteroatoms. The third-order valence-electron chi connectivity index (χ3n) is 2.99. The summed E-state index contributed by atoms with van der Waals surface area (Å²) in [6.45, 7) is 1.64. The average Bonchev–Trinajstić information content (AvgIpc) is 2.45. The van der Waals surface area contributed by atoms with Crippen molar-refractivity contribution in [3.05, 3.63) is 46.7 Å². The number of ether oxygens (including phenoxy) is 1. The van der Waals surface area contributed by atoms with Crippen LogP contribution in [0.1, 0.15) is 24.2 Å². The number of nitriles is 1. The van der Waals surface area contributed by atoms with E-state index in [9.17, 15) is 5.11 Å². The lowest BCUT2D eigenvalue weighted by atomic mass is 9.97. The Hall–Kier alpha value is -2.09. The molecule has 0 saturated carbocycles. The SMILES string of the molecule is COc1cc(-c2cncc(Cl)c2[C@@H](C)O)ccc1C#N. The molecule has 1 heterocycles. The summed E-state index contributed by atoms with van der Waals surface area (Å²) in [5.74, 6) is 0.474. The van der Waals surface area contributed by atoms with E-state index in [1.54, 1.807) is 31.3 Å². The molecule has 2 aromatic rings. The van der Waals surface area contributed by atoms with Crippen molar-refractivity contribution >= 4 is 11.6 Å². The van der Waals surface area contributed by atoms with Crippen LogP contribution in [0.5, 0.6) is 5.75 Å². The molecule has 1 atom stereocenters. The van der Waals surface area contributed by atoms with E-state index in [-0.39, 0.29) is 0 Å². The normalized spacial score (nSPS) is 11.8. The van der Waals surface area contributed by atoms with Crippen LogP contribution in [0.2, 0.25) is 5.02 Å². The van der Waals surface area contributed by atoms with E-state index in [0.29, 0.717) is 21.9 Å².